The molecular formula is C11H21N3S. The molecule has 0 saturated carbocycles. The third kappa shape index (κ3) is 2.92. The first-order chi connectivity index (χ1) is 7.10. The van der Waals surface area contributed by atoms with Gasteiger partial charge in [-0.1, -0.05) is 13.3 Å². The fourth-order valence-corrected chi connectivity index (χ4v) is 2.56. The van der Waals surface area contributed by atoms with Gasteiger partial charge in [0.05, 0.1) is 5.69 Å². The smallest absolute Gasteiger partial charge is 0.185 e. The monoisotopic (exact) mass is 227 g/mol. The van der Waals surface area contributed by atoms with Crippen molar-refractivity contribution in [2.45, 2.75) is 46.2 Å². The van der Waals surface area contributed by atoms with E-state index in [1.54, 1.807) is 11.3 Å². The van der Waals surface area contributed by atoms with Gasteiger partial charge in [0, 0.05) is 24.5 Å². The molecule has 0 saturated heterocycles. The lowest BCUT2D eigenvalue weighted by atomic mass is 10.2. The van der Waals surface area contributed by atoms with Gasteiger partial charge in [0.2, 0.25) is 0 Å². The van der Waals surface area contributed by atoms with Crippen molar-refractivity contribution in [1.29, 1.82) is 0 Å². The number of thiazole rings is 1. The average molecular weight is 227 g/mol. The number of anilines is 1. The van der Waals surface area contributed by atoms with E-state index in [1.807, 2.05) is 6.92 Å². The van der Waals surface area contributed by atoms with E-state index < -0.39 is 0 Å². The summed E-state index contributed by atoms with van der Waals surface area (Å²) < 4.78 is 0. The molecule has 1 unspecified atom stereocenters. The Kier molecular flexibility index (Phi) is 4.54. The molecule has 0 aromatic carbocycles. The van der Waals surface area contributed by atoms with Crippen LogP contribution in [0.3, 0.4) is 0 Å². The maximum Gasteiger partial charge on any atom is 0.185 e. The molecule has 2 N–H and O–H groups in total. The summed E-state index contributed by atoms with van der Waals surface area (Å²) in [4.78, 5) is 7.99. The van der Waals surface area contributed by atoms with Gasteiger partial charge in [0.15, 0.2) is 5.13 Å². The molecule has 1 rings (SSSR count). The molecule has 0 spiro atoms. The van der Waals surface area contributed by atoms with Gasteiger partial charge in [0.25, 0.3) is 0 Å². The first-order valence-electron chi connectivity index (χ1n) is 5.49. The number of aromatic nitrogens is 1. The Morgan fingerprint density at radius 1 is 1.53 bits per heavy atom. The van der Waals surface area contributed by atoms with Crippen LogP contribution >= 0.6 is 11.3 Å². The summed E-state index contributed by atoms with van der Waals surface area (Å²) in [7, 11) is 2.11. The van der Waals surface area contributed by atoms with Gasteiger partial charge < -0.3 is 10.6 Å². The first kappa shape index (κ1) is 12.5. The van der Waals surface area contributed by atoms with Crippen molar-refractivity contribution in [3.8, 4) is 0 Å². The summed E-state index contributed by atoms with van der Waals surface area (Å²) in [5.41, 5.74) is 6.73. The molecule has 0 amide bonds. The van der Waals surface area contributed by atoms with Gasteiger partial charge in [-0.15, -0.1) is 11.3 Å². The molecule has 0 aliphatic carbocycles. The van der Waals surface area contributed by atoms with Crippen molar-refractivity contribution in [2.75, 3.05) is 11.9 Å². The Labute approximate surface area is 96.3 Å². The highest BCUT2D eigenvalue weighted by atomic mass is 32.1. The largest absolute Gasteiger partial charge is 0.348 e. The van der Waals surface area contributed by atoms with E-state index in [4.69, 9.17) is 5.73 Å². The van der Waals surface area contributed by atoms with Gasteiger partial charge in [-0.2, -0.15) is 0 Å². The third-order valence-corrected chi connectivity index (χ3v) is 4.01. The van der Waals surface area contributed by atoms with Crippen molar-refractivity contribution < 1.29 is 0 Å². The Balaban J connectivity index is 2.77. The second-order valence-electron chi connectivity index (χ2n) is 3.96. The average Bonchev–Trinajstić information content (AvgIpc) is 2.59. The molecule has 0 fully saturated rings. The van der Waals surface area contributed by atoms with Crippen molar-refractivity contribution in [2.24, 2.45) is 5.73 Å². The Morgan fingerprint density at radius 2 is 2.20 bits per heavy atom. The van der Waals surface area contributed by atoms with Crippen LogP contribution in [-0.2, 0) is 6.54 Å². The zero-order valence-electron chi connectivity index (χ0n) is 10.1. The van der Waals surface area contributed by atoms with Gasteiger partial charge >= 0.3 is 0 Å². The number of aryl methyl sites for hydroxylation is 1. The van der Waals surface area contributed by atoms with E-state index in [9.17, 15) is 0 Å². The molecule has 4 heteroatoms. The van der Waals surface area contributed by atoms with Crippen LogP contribution in [0, 0.1) is 6.92 Å². The van der Waals surface area contributed by atoms with E-state index in [2.05, 4.69) is 30.8 Å². The van der Waals surface area contributed by atoms with Gasteiger partial charge in [0.1, 0.15) is 0 Å². The second-order valence-corrected chi connectivity index (χ2v) is 5.02. The number of rotatable bonds is 5. The Hall–Kier alpha value is -0.610. The molecule has 0 bridgehead atoms. The van der Waals surface area contributed by atoms with Crippen LogP contribution in [0.15, 0.2) is 0 Å². The number of hydrogen-bond acceptors (Lipinski definition) is 4. The number of nitrogens with zero attached hydrogens (tertiary/aromatic N) is 2. The summed E-state index contributed by atoms with van der Waals surface area (Å²) >= 11 is 1.71. The van der Waals surface area contributed by atoms with Gasteiger partial charge in [-0.3, -0.25) is 0 Å². The minimum absolute atomic E-state index is 0.547. The van der Waals surface area contributed by atoms with Crippen LogP contribution in [0.2, 0.25) is 0 Å². The van der Waals surface area contributed by atoms with E-state index >= 15 is 0 Å². The minimum atomic E-state index is 0.547. The lowest BCUT2D eigenvalue weighted by molar-refractivity contribution is 0.615. The molecule has 0 radical (unpaired) electrons. The molecule has 0 aliphatic rings. The molecule has 1 aromatic rings. The Morgan fingerprint density at radius 3 is 2.67 bits per heavy atom. The van der Waals surface area contributed by atoms with Crippen LogP contribution in [-0.4, -0.2) is 18.1 Å². The van der Waals surface area contributed by atoms with Crippen molar-refractivity contribution >= 4 is 16.5 Å². The molecule has 1 aromatic heterocycles. The van der Waals surface area contributed by atoms with Crippen LogP contribution in [0.5, 0.6) is 0 Å². The zero-order valence-corrected chi connectivity index (χ0v) is 10.9. The molecule has 0 aliphatic heterocycles. The Bertz CT molecular complexity index is 309. The SMILES string of the molecule is CCCC(C)N(C)c1nc(C)c(CN)s1. The van der Waals surface area contributed by atoms with Crippen LogP contribution < -0.4 is 10.6 Å². The molecule has 1 atom stereocenters. The number of nitrogens with two attached hydrogens (primary N) is 1. The van der Waals surface area contributed by atoms with Crippen molar-refractivity contribution in [1.82, 2.24) is 4.98 Å². The first-order valence-corrected chi connectivity index (χ1v) is 6.31. The third-order valence-electron chi connectivity index (χ3n) is 2.74. The van der Waals surface area contributed by atoms with Gasteiger partial charge in [-0.05, 0) is 20.3 Å². The fourth-order valence-electron chi connectivity index (χ4n) is 1.55. The number of hydrogen-bond donors (Lipinski definition) is 1. The van der Waals surface area contributed by atoms with Crippen LogP contribution in [0.4, 0.5) is 5.13 Å². The molecule has 1 heterocycles. The van der Waals surface area contributed by atoms with E-state index in [-0.39, 0.29) is 0 Å². The highest BCUT2D eigenvalue weighted by molar-refractivity contribution is 7.15. The van der Waals surface area contributed by atoms with E-state index in [1.165, 1.54) is 17.7 Å². The molecular weight excluding hydrogens is 206 g/mol. The topological polar surface area (TPSA) is 42.2 Å². The summed E-state index contributed by atoms with van der Waals surface area (Å²) in [6, 6.07) is 0.547. The fraction of sp³-hybridized carbons (Fsp3) is 0.727. The van der Waals surface area contributed by atoms with Crippen LogP contribution in [0.25, 0.3) is 0 Å². The highest BCUT2D eigenvalue weighted by Gasteiger charge is 2.14. The van der Waals surface area contributed by atoms with E-state index in [0.717, 1.165) is 10.8 Å². The molecule has 15 heavy (non-hydrogen) atoms. The second kappa shape index (κ2) is 5.47. The maximum absolute atomic E-state index is 5.65. The highest BCUT2D eigenvalue weighted by Crippen LogP contribution is 2.26. The summed E-state index contributed by atoms with van der Waals surface area (Å²) in [5.74, 6) is 0. The van der Waals surface area contributed by atoms with Gasteiger partial charge in [-0.25, -0.2) is 4.98 Å². The standard InChI is InChI=1S/C11H21N3S/c1-5-6-8(2)14(4)11-13-9(3)10(7-12)15-11/h8H,5-7,12H2,1-4H3. The van der Waals surface area contributed by atoms with Crippen molar-refractivity contribution in [3.05, 3.63) is 10.6 Å². The lowest BCUT2D eigenvalue weighted by Gasteiger charge is -2.23. The summed E-state index contributed by atoms with van der Waals surface area (Å²) in [5, 5.41) is 1.09. The summed E-state index contributed by atoms with van der Waals surface area (Å²) in [6.45, 7) is 7.07. The summed E-state index contributed by atoms with van der Waals surface area (Å²) in [6.07, 6.45) is 2.41. The van der Waals surface area contributed by atoms with Crippen LogP contribution in [0.1, 0.15) is 37.3 Å². The lowest BCUT2D eigenvalue weighted by Crippen LogP contribution is -2.28. The predicted octanol–water partition coefficient (Wildman–Crippen LogP) is 2.54. The van der Waals surface area contributed by atoms with Crippen molar-refractivity contribution in [3.63, 3.8) is 0 Å². The minimum Gasteiger partial charge on any atom is -0.348 e. The zero-order chi connectivity index (χ0) is 11.4. The molecule has 3 nitrogen and oxygen atoms in total. The maximum atomic E-state index is 5.65. The molecule has 86 valence electrons. The normalized spacial score (nSPS) is 12.9. The quantitative estimate of drug-likeness (QED) is 0.840. The predicted molar refractivity (Wildman–Crippen MR) is 67.5 cm³/mol. The van der Waals surface area contributed by atoms with E-state index in [0.29, 0.717) is 12.6 Å².